The molecular formula is C17H34N2O. The van der Waals surface area contributed by atoms with Crippen molar-refractivity contribution in [3.63, 3.8) is 0 Å². The summed E-state index contributed by atoms with van der Waals surface area (Å²) >= 11 is 0. The predicted octanol–water partition coefficient (Wildman–Crippen LogP) is 2.64. The van der Waals surface area contributed by atoms with E-state index in [-0.39, 0.29) is 6.10 Å². The largest absolute Gasteiger partial charge is 0.393 e. The molecule has 2 fully saturated rings. The molecule has 20 heavy (non-hydrogen) atoms. The fourth-order valence-corrected chi connectivity index (χ4v) is 3.64. The van der Waals surface area contributed by atoms with E-state index >= 15 is 0 Å². The number of rotatable bonds is 8. The number of aliphatic hydroxyl groups excluding tert-OH is 1. The van der Waals surface area contributed by atoms with Crippen molar-refractivity contribution in [2.24, 2.45) is 11.3 Å². The Kier molecular flexibility index (Phi) is 5.88. The second-order valence-corrected chi connectivity index (χ2v) is 7.57. The molecule has 2 N–H and O–H groups in total. The highest BCUT2D eigenvalue weighted by Gasteiger charge is 2.31. The lowest BCUT2D eigenvalue weighted by atomic mass is 9.83. The Bertz CT molecular complexity index is 283. The second kappa shape index (κ2) is 7.24. The van der Waals surface area contributed by atoms with Crippen LogP contribution in [0.4, 0.5) is 0 Å². The molecule has 0 aromatic heterocycles. The summed E-state index contributed by atoms with van der Waals surface area (Å²) in [5.74, 6) is 0.522. The molecule has 0 radical (unpaired) electrons. The van der Waals surface area contributed by atoms with E-state index in [1.165, 1.54) is 38.8 Å². The van der Waals surface area contributed by atoms with Crippen LogP contribution < -0.4 is 5.32 Å². The molecule has 1 saturated carbocycles. The van der Waals surface area contributed by atoms with Crippen LogP contribution in [-0.4, -0.2) is 48.3 Å². The zero-order valence-corrected chi connectivity index (χ0v) is 13.7. The number of aliphatic hydroxyl groups is 1. The van der Waals surface area contributed by atoms with Crippen LogP contribution in [0.2, 0.25) is 0 Å². The third kappa shape index (κ3) is 5.01. The van der Waals surface area contributed by atoms with Crippen molar-refractivity contribution in [2.75, 3.05) is 26.2 Å². The molecule has 0 aromatic carbocycles. The maximum atomic E-state index is 9.70. The van der Waals surface area contributed by atoms with Gasteiger partial charge in [-0.3, -0.25) is 0 Å². The van der Waals surface area contributed by atoms with Gasteiger partial charge in [-0.15, -0.1) is 0 Å². The number of piperidine rings is 1. The van der Waals surface area contributed by atoms with E-state index in [2.05, 4.69) is 24.1 Å². The van der Waals surface area contributed by atoms with E-state index in [0.29, 0.717) is 11.3 Å². The SMILES string of the molecule is CCCC(C)(CNC1CC1)CN1CCC(C(C)O)CC1. The third-order valence-electron chi connectivity index (χ3n) is 5.17. The molecule has 0 bridgehead atoms. The van der Waals surface area contributed by atoms with Gasteiger partial charge in [0.15, 0.2) is 0 Å². The van der Waals surface area contributed by atoms with Crippen LogP contribution in [0.3, 0.4) is 0 Å². The molecule has 2 aliphatic rings. The van der Waals surface area contributed by atoms with Crippen LogP contribution in [0.5, 0.6) is 0 Å². The van der Waals surface area contributed by atoms with Gasteiger partial charge in [-0.05, 0) is 63.5 Å². The predicted molar refractivity (Wildman–Crippen MR) is 84.9 cm³/mol. The smallest absolute Gasteiger partial charge is 0.0541 e. The minimum Gasteiger partial charge on any atom is -0.393 e. The summed E-state index contributed by atoms with van der Waals surface area (Å²) in [7, 11) is 0. The van der Waals surface area contributed by atoms with Gasteiger partial charge in [0, 0.05) is 19.1 Å². The van der Waals surface area contributed by atoms with Crippen LogP contribution in [0.25, 0.3) is 0 Å². The van der Waals surface area contributed by atoms with Crippen LogP contribution in [-0.2, 0) is 0 Å². The van der Waals surface area contributed by atoms with Gasteiger partial charge >= 0.3 is 0 Å². The van der Waals surface area contributed by atoms with Crippen molar-refractivity contribution in [3.8, 4) is 0 Å². The van der Waals surface area contributed by atoms with E-state index in [4.69, 9.17) is 0 Å². The second-order valence-electron chi connectivity index (χ2n) is 7.57. The first-order chi connectivity index (χ1) is 9.52. The summed E-state index contributed by atoms with van der Waals surface area (Å²) in [4.78, 5) is 2.63. The molecular weight excluding hydrogens is 248 g/mol. The summed E-state index contributed by atoms with van der Waals surface area (Å²) in [6, 6.07) is 0.812. The number of hydrogen-bond acceptors (Lipinski definition) is 3. The van der Waals surface area contributed by atoms with E-state index in [9.17, 15) is 5.11 Å². The molecule has 118 valence electrons. The van der Waals surface area contributed by atoms with Crippen LogP contribution in [0, 0.1) is 11.3 Å². The van der Waals surface area contributed by atoms with Gasteiger partial charge in [0.25, 0.3) is 0 Å². The standard InChI is InChI=1S/C17H34N2O/c1-4-9-17(3,12-18-16-5-6-16)13-19-10-7-15(8-11-19)14(2)20/h14-16,18,20H,4-13H2,1-3H3. The molecule has 1 saturated heterocycles. The van der Waals surface area contributed by atoms with Gasteiger partial charge in [-0.1, -0.05) is 20.3 Å². The summed E-state index contributed by atoms with van der Waals surface area (Å²) in [5.41, 5.74) is 0.412. The van der Waals surface area contributed by atoms with Crippen molar-refractivity contribution >= 4 is 0 Å². The quantitative estimate of drug-likeness (QED) is 0.718. The topological polar surface area (TPSA) is 35.5 Å². The van der Waals surface area contributed by atoms with E-state index in [1.54, 1.807) is 0 Å². The van der Waals surface area contributed by atoms with Crippen LogP contribution in [0.15, 0.2) is 0 Å². The van der Waals surface area contributed by atoms with Gasteiger partial charge in [0.1, 0.15) is 0 Å². The monoisotopic (exact) mass is 282 g/mol. The van der Waals surface area contributed by atoms with E-state index < -0.39 is 0 Å². The highest BCUT2D eigenvalue weighted by Crippen LogP contribution is 2.29. The lowest BCUT2D eigenvalue weighted by Gasteiger charge is -2.40. The van der Waals surface area contributed by atoms with Gasteiger partial charge in [0.2, 0.25) is 0 Å². The van der Waals surface area contributed by atoms with Crippen molar-refractivity contribution < 1.29 is 5.11 Å². The van der Waals surface area contributed by atoms with Gasteiger partial charge < -0.3 is 15.3 Å². The van der Waals surface area contributed by atoms with Crippen molar-refractivity contribution in [2.45, 2.75) is 71.4 Å². The van der Waals surface area contributed by atoms with E-state index in [1.807, 2.05) is 6.92 Å². The average Bonchev–Trinajstić information content (AvgIpc) is 3.21. The zero-order chi connectivity index (χ0) is 14.6. The van der Waals surface area contributed by atoms with E-state index in [0.717, 1.165) is 32.0 Å². The number of likely N-dealkylation sites (tertiary alicyclic amines) is 1. The number of nitrogens with one attached hydrogen (secondary N) is 1. The van der Waals surface area contributed by atoms with Gasteiger partial charge in [-0.25, -0.2) is 0 Å². The lowest BCUT2D eigenvalue weighted by molar-refractivity contribution is 0.0533. The fourth-order valence-electron chi connectivity index (χ4n) is 3.64. The molecule has 2 rings (SSSR count). The Labute approximate surface area is 125 Å². The third-order valence-corrected chi connectivity index (χ3v) is 5.17. The van der Waals surface area contributed by atoms with Crippen molar-refractivity contribution in [1.29, 1.82) is 0 Å². The minimum absolute atomic E-state index is 0.129. The maximum Gasteiger partial charge on any atom is 0.0541 e. The fraction of sp³-hybridized carbons (Fsp3) is 1.00. The first-order valence-corrected chi connectivity index (χ1v) is 8.66. The molecule has 1 aliphatic heterocycles. The highest BCUT2D eigenvalue weighted by atomic mass is 16.3. The lowest BCUT2D eigenvalue weighted by Crippen LogP contribution is -2.46. The Hall–Kier alpha value is -0.120. The molecule has 0 aromatic rings. The Balaban J connectivity index is 1.78. The first-order valence-electron chi connectivity index (χ1n) is 8.66. The molecule has 3 nitrogen and oxygen atoms in total. The van der Waals surface area contributed by atoms with Crippen LogP contribution >= 0.6 is 0 Å². The summed E-state index contributed by atoms with van der Waals surface area (Å²) in [6.07, 6.45) is 7.53. The van der Waals surface area contributed by atoms with Crippen molar-refractivity contribution in [3.05, 3.63) is 0 Å². The molecule has 1 heterocycles. The Morgan fingerprint density at radius 3 is 2.40 bits per heavy atom. The average molecular weight is 282 g/mol. The van der Waals surface area contributed by atoms with Gasteiger partial charge in [0.05, 0.1) is 6.10 Å². The summed E-state index contributed by atoms with van der Waals surface area (Å²) in [5, 5.41) is 13.4. The summed E-state index contributed by atoms with van der Waals surface area (Å²) in [6.45, 7) is 11.4. The minimum atomic E-state index is -0.129. The highest BCUT2D eigenvalue weighted by molar-refractivity contribution is 4.88. The molecule has 3 heteroatoms. The Morgan fingerprint density at radius 2 is 1.90 bits per heavy atom. The van der Waals surface area contributed by atoms with Crippen LogP contribution in [0.1, 0.15) is 59.3 Å². The molecule has 0 spiro atoms. The zero-order valence-electron chi connectivity index (χ0n) is 13.7. The number of nitrogens with zero attached hydrogens (tertiary/aromatic N) is 1. The van der Waals surface area contributed by atoms with Crippen molar-refractivity contribution in [1.82, 2.24) is 10.2 Å². The number of hydrogen-bond donors (Lipinski definition) is 2. The molecule has 2 atom stereocenters. The first kappa shape index (κ1) is 16.3. The molecule has 2 unspecified atom stereocenters. The normalized spacial score (nSPS) is 26.4. The van der Waals surface area contributed by atoms with Gasteiger partial charge in [-0.2, -0.15) is 0 Å². The summed E-state index contributed by atoms with van der Waals surface area (Å²) < 4.78 is 0. The molecule has 1 aliphatic carbocycles. The molecule has 0 amide bonds. The Morgan fingerprint density at radius 1 is 1.25 bits per heavy atom. The maximum absolute atomic E-state index is 9.70.